The minimum atomic E-state index is -0.192. The molecule has 0 saturated carbocycles. The SMILES string of the molecule is COc1ccc(Cl)cc1-c1nc(SCC(=O)NC(c2ccc(C)cc2)c2cccs2)n[nH]1. The van der Waals surface area contributed by atoms with Gasteiger partial charge in [0, 0.05) is 9.90 Å². The van der Waals surface area contributed by atoms with E-state index in [1.165, 1.54) is 17.3 Å². The normalized spacial score (nSPS) is 11.8. The highest BCUT2D eigenvalue weighted by atomic mass is 35.5. The van der Waals surface area contributed by atoms with E-state index in [2.05, 4.69) is 32.6 Å². The summed E-state index contributed by atoms with van der Waals surface area (Å²) in [6, 6.07) is 17.3. The second-order valence-corrected chi connectivity index (χ2v) is 9.38. The number of benzene rings is 2. The third kappa shape index (κ3) is 5.32. The van der Waals surface area contributed by atoms with Crippen LogP contribution >= 0.6 is 34.7 Å². The van der Waals surface area contributed by atoms with Crippen molar-refractivity contribution in [1.82, 2.24) is 20.5 Å². The lowest BCUT2D eigenvalue weighted by atomic mass is 10.0. The van der Waals surface area contributed by atoms with Gasteiger partial charge < -0.3 is 10.1 Å². The molecule has 1 unspecified atom stereocenters. The number of aromatic nitrogens is 3. The number of hydrogen-bond donors (Lipinski definition) is 2. The standard InChI is InChI=1S/C23H21ClN4O2S2/c1-14-5-7-15(8-6-14)21(19-4-3-11-31-19)25-20(29)13-32-23-26-22(27-28-23)17-12-16(24)9-10-18(17)30-2/h3-12,21H,13H2,1-2H3,(H,25,29)(H,26,27,28). The summed E-state index contributed by atoms with van der Waals surface area (Å²) in [6.07, 6.45) is 0. The zero-order valence-electron chi connectivity index (χ0n) is 17.5. The first-order valence-electron chi connectivity index (χ1n) is 9.82. The smallest absolute Gasteiger partial charge is 0.231 e. The third-order valence-corrected chi connectivity index (χ3v) is 6.78. The van der Waals surface area contributed by atoms with E-state index in [9.17, 15) is 4.79 Å². The molecule has 0 aliphatic carbocycles. The van der Waals surface area contributed by atoms with E-state index in [4.69, 9.17) is 16.3 Å². The van der Waals surface area contributed by atoms with Crippen LogP contribution in [0, 0.1) is 6.92 Å². The van der Waals surface area contributed by atoms with Gasteiger partial charge in [-0.2, -0.15) is 0 Å². The maximum atomic E-state index is 12.8. The molecule has 2 N–H and O–H groups in total. The molecule has 2 aromatic carbocycles. The highest BCUT2D eigenvalue weighted by molar-refractivity contribution is 7.99. The second-order valence-electron chi connectivity index (χ2n) is 7.03. The Hall–Kier alpha value is -2.81. The molecule has 32 heavy (non-hydrogen) atoms. The van der Waals surface area contributed by atoms with Crippen molar-refractivity contribution in [2.75, 3.05) is 12.9 Å². The Kier molecular flexibility index (Phi) is 7.14. The Balaban J connectivity index is 1.43. The second kappa shape index (κ2) is 10.2. The average Bonchev–Trinajstić information content (AvgIpc) is 3.49. The Bertz CT molecular complexity index is 1190. The van der Waals surface area contributed by atoms with Crippen LogP contribution in [0.15, 0.2) is 65.1 Å². The molecule has 6 nitrogen and oxygen atoms in total. The lowest BCUT2D eigenvalue weighted by molar-refractivity contribution is -0.119. The van der Waals surface area contributed by atoms with Gasteiger partial charge in [-0.25, -0.2) is 4.98 Å². The van der Waals surface area contributed by atoms with Crippen LogP contribution in [0.2, 0.25) is 5.02 Å². The molecule has 164 valence electrons. The first kappa shape index (κ1) is 22.4. The van der Waals surface area contributed by atoms with Crippen molar-refractivity contribution < 1.29 is 9.53 Å². The fraction of sp³-hybridized carbons (Fsp3) is 0.174. The maximum absolute atomic E-state index is 12.8. The number of halogens is 1. The van der Waals surface area contributed by atoms with E-state index in [-0.39, 0.29) is 17.7 Å². The van der Waals surface area contributed by atoms with Crippen molar-refractivity contribution in [2.24, 2.45) is 0 Å². The molecule has 0 spiro atoms. The third-order valence-electron chi connectivity index (χ3n) is 4.76. The highest BCUT2D eigenvalue weighted by Gasteiger charge is 2.19. The molecule has 2 heterocycles. The zero-order valence-corrected chi connectivity index (χ0v) is 19.9. The van der Waals surface area contributed by atoms with Crippen molar-refractivity contribution in [3.05, 3.63) is 81.0 Å². The van der Waals surface area contributed by atoms with Crippen LogP contribution in [0.4, 0.5) is 0 Å². The Morgan fingerprint density at radius 3 is 2.78 bits per heavy atom. The van der Waals surface area contributed by atoms with E-state index >= 15 is 0 Å². The van der Waals surface area contributed by atoms with Crippen LogP contribution in [-0.4, -0.2) is 34.0 Å². The van der Waals surface area contributed by atoms with Gasteiger partial charge in [-0.1, -0.05) is 59.3 Å². The first-order chi connectivity index (χ1) is 15.5. The lowest BCUT2D eigenvalue weighted by Crippen LogP contribution is -2.30. The predicted octanol–water partition coefficient (Wildman–Crippen LogP) is 5.50. The van der Waals surface area contributed by atoms with Gasteiger partial charge in [-0.3, -0.25) is 9.89 Å². The molecule has 4 rings (SSSR count). The molecule has 2 aromatic heterocycles. The van der Waals surface area contributed by atoms with Crippen LogP contribution in [0.5, 0.6) is 5.75 Å². The summed E-state index contributed by atoms with van der Waals surface area (Å²) in [5.74, 6) is 1.26. The molecule has 9 heteroatoms. The average molecular weight is 485 g/mol. The number of aryl methyl sites for hydroxylation is 1. The van der Waals surface area contributed by atoms with E-state index < -0.39 is 0 Å². The molecule has 0 aliphatic rings. The highest BCUT2D eigenvalue weighted by Crippen LogP contribution is 2.31. The van der Waals surface area contributed by atoms with Crippen LogP contribution in [-0.2, 0) is 4.79 Å². The fourth-order valence-electron chi connectivity index (χ4n) is 3.16. The molecule has 0 aliphatic heterocycles. The van der Waals surface area contributed by atoms with Crippen LogP contribution < -0.4 is 10.1 Å². The van der Waals surface area contributed by atoms with Gasteiger partial charge in [-0.15, -0.1) is 16.4 Å². The van der Waals surface area contributed by atoms with Crippen LogP contribution in [0.25, 0.3) is 11.4 Å². The molecular weight excluding hydrogens is 464 g/mol. The number of methoxy groups -OCH3 is 1. The number of rotatable bonds is 8. The zero-order chi connectivity index (χ0) is 22.5. The summed E-state index contributed by atoms with van der Waals surface area (Å²) in [7, 11) is 1.58. The number of carbonyl (C=O) groups is 1. The van der Waals surface area contributed by atoms with Crippen molar-refractivity contribution >= 4 is 40.6 Å². The van der Waals surface area contributed by atoms with E-state index in [1.54, 1.807) is 36.6 Å². The number of nitrogens with zero attached hydrogens (tertiary/aromatic N) is 2. The molecule has 0 fully saturated rings. The van der Waals surface area contributed by atoms with Crippen molar-refractivity contribution in [1.29, 1.82) is 0 Å². The Morgan fingerprint density at radius 2 is 2.06 bits per heavy atom. The van der Waals surface area contributed by atoms with Crippen molar-refractivity contribution in [3.8, 4) is 17.1 Å². The summed E-state index contributed by atoms with van der Waals surface area (Å²) < 4.78 is 5.37. The van der Waals surface area contributed by atoms with Gasteiger partial charge in [0.15, 0.2) is 5.82 Å². The van der Waals surface area contributed by atoms with Crippen molar-refractivity contribution in [3.63, 3.8) is 0 Å². The first-order valence-corrected chi connectivity index (χ1v) is 12.1. The minimum Gasteiger partial charge on any atom is -0.496 e. The molecule has 0 bridgehead atoms. The van der Waals surface area contributed by atoms with E-state index in [0.29, 0.717) is 27.3 Å². The number of thiophene rings is 1. The van der Waals surface area contributed by atoms with Gasteiger partial charge in [0.2, 0.25) is 11.1 Å². The summed E-state index contributed by atoms with van der Waals surface area (Å²) >= 11 is 8.99. The minimum absolute atomic E-state index is 0.0966. The number of hydrogen-bond acceptors (Lipinski definition) is 6. The number of H-pyrrole nitrogens is 1. The molecule has 4 aromatic rings. The summed E-state index contributed by atoms with van der Waals surface area (Å²) in [6.45, 7) is 2.04. The van der Waals surface area contributed by atoms with E-state index in [1.807, 2.05) is 36.6 Å². The maximum Gasteiger partial charge on any atom is 0.231 e. The topological polar surface area (TPSA) is 79.9 Å². The Labute approximate surface area is 199 Å². The van der Waals surface area contributed by atoms with Crippen molar-refractivity contribution in [2.45, 2.75) is 18.1 Å². The van der Waals surface area contributed by atoms with Gasteiger partial charge in [0.05, 0.1) is 24.5 Å². The number of nitrogens with one attached hydrogen (secondary N) is 2. The van der Waals surface area contributed by atoms with Gasteiger partial charge in [0.25, 0.3) is 0 Å². The van der Waals surface area contributed by atoms with E-state index in [0.717, 1.165) is 10.4 Å². The summed E-state index contributed by atoms with van der Waals surface area (Å²) in [5, 5.41) is 13.3. The molecule has 0 radical (unpaired) electrons. The number of thioether (sulfide) groups is 1. The predicted molar refractivity (Wildman–Crippen MR) is 130 cm³/mol. The molecule has 1 atom stereocenters. The van der Waals surface area contributed by atoms with Gasteiger partial charge in [0.1, 0.15) is 5.75 Å². The van der Waals surface area contributed by atoms with Crippen LogP contribution in [0.3, 0.4) is 0 Å². The summed E-state index contributed by atoms with van der Waals surface area (Å²) in [5.41, 5.74) is 2.93. The van der Waals surface area contributed by atoms with Crippen LogP contribution in [0.1, 0.15) is 22.0 Å². The molecule has 0 saturated heterocycles. The summed E-state index contributed by atoms with van der Waals surface area (Å²) in [4.78, 5) is 18.3. The van der Waals surface area contributed by atoms with Gasteiger partial charge >= 0.3 is 0 Å². The largest absolute Gasteiger partial charge is 0.496 e. The molecule has 1 amide bonds. The number of ether oxygens (including phenoxy) is 1. The monoisotopic (exact) mass is 484 g/mol. The van der Waals surface area contributed by atoms with Gasteiger partial charge in [-0.05, 0) is 42.1 Å². The lowest BCUT2D eigenvalue weighted by Gasteiger charge is -2.18. The number of aromatic amines is 1. The fourth-order valence-corrected chi connectivity index (χ4v) is 4.75. The number of amides is 1. The number of carbonyl (C=O) groups excluding carboxylic acids is 1. The molecular formula is C23H21ClN4O2S2. The quantitative estimate of drug-likeness (QED) is 0.323. The Morgan fingerprint density at radius 1 is 1.25 bits per heavy atom.